The Hall–Kier alpha value is -2.19. The van der Waals surface area contributed by atoms with Crippen LogP contribution >= 0.6 is 11.6 Å². The van der Waals surface area contributed by atoms with Gasteiger partial charge in [0, 0.05) is 42.4 Å². The lowest BCUT2D eigenvalue weighted by Crippen LogP contribution is -2.58. The number of hydrogen-bond acceptors (Lipinski definition) is 6. The molecule has 2 atom stereocenters. The van der Waals surface area contributed by atoms with Crippen molar-refractivity contribution in [3.05, 3.63) is 28.8 Å². The Balaban J connectivity index is 1.20. The number of aromatic nitrogens is 4. The highest BCUT2D eigenvalue weighted by molar-refractivity contribution is 6.29. The first kappa shape index (κ1) is 20.7. The minimum absolute atomic E-state index is 0.369. The Kier molecular flexibility index (Phi) is 5.84. The van der Waals surface area contributed by atoms with E-state index < -0.39 is 0 Å². The molecule has 1 saturated carbocycles. The Morgan fingerprint density at radius 2 is 1.94 bits per heavy atom. The van der Waals surface area contributed by atoms with Crippen LogP contribution in [0.4, 0.5) is 11.6 Å². The van der Waals surface area contributed by atoms with Crippen molar-refractivity contribution in [3.8, 4) is 0 Å². The predicted octanol–water partition coefficient (Wildman–Crippen LogP) is 3.71. The fraction of sp³-hybridized carbons (Fsp3) is 0.636. The van der Waals surface area contributed by atoms with E-state index >= 15 is 0 Å². The van der Waals surface area contributed by atoms with Crippen LogP contribution < -0.4 is 10.6 Å². The smallest absolute Gasteiger partial charge is 0.223 e. The molecular weight excluding hydrogens is 414 g/mol. The molecule has 1 amide bonds. The summed E-state index contributed by atoms with van der Waals surface area (Å²) in [7, 11) is 0. The maximum Gasteiger partial charge on any atom is 0.223 e. The molecule has 8 nitrogen and oxygen atoms in total. The number of hydrogen-bond donors (Lipinski definition) is 3. The lowest BCUT2D eigenvalue weighted by molar-refractivity contribution is -0.141. The van der Waals surface area contributed by atoms with E-state index in [1.807, 2.05) is 13.0 Å². The normalized spacial score (nSPS) is 25.5. The second-order valence-corrected chi connectivity index (χ2v) is 9.68. The maximum absolute atomic E-state index is 12.8. The van der Waals surface area contributed by atoms with E-state index in [1.165, 1.54) is 19.3 Å². The number of nitrogens with zero attached hydrogens (tertiary/aromatic N) is 4. The molecule has 2 aromatic heterocycles. The first-order chi connectivity index (χ1) is 15.0. The van der Waals surface area contributed by atoms with Gasteiger partial charge in [0.15, 0.2) is 5.82 Å². The van der Waals surface area contributed by atoms with Gasteiger partial charge in [-0.05, 0) is 57.8 Å². The summed E-state index contributed by atoms with van der Waals surface area (Å²) in [5, 5.41) is 14.3. The van der Waals surface area contributed by atoms with Gasteiger partial charge in [0.2, 0.25) is 5.91 Å². The van der Waals surface area contributed by atoms with Gasteiger partial charge in [0.05, 0.1) is 6.54 Å². The Morgan fingerprint density at radius 3 is 2.61 bits per heavy atom. The third-order valence-electron chi connectivity index (χ3n) is 6.67. The average Bonchev–Trinajstić information content (AvgIpc) is 3.44. The van der Waals surface area contributed by atoms with Crippen LogP contribution in [-0.2, 0) is 11.3 Å². The van der Waals surface area contributed by atoms with Crippen LogP contribution in [0.5, 0.6) is 0 Å². The van der Waals surface area contributed by atoms with Crippen molar-refractivity contribution >= 4 is 29.1 Å². The number of aryl methyl sites for hydroxylation is 1. The van der Waals surface area contributed by atoms with Gasteiger partial charge in [-0.25, -0.2) is 9.97 Å². The van der Waals surface area contributed by atoms with Crippen LogP contribution in [0.2, 0.25) is 5.15 Å². The molecule has 2 aromatic rings. The number of piperidine rings is 2. The molecule has 4 heterocycles. The van der Waals surface area contributed by atoms with E-state index in [-0.39, 0.29) is 0 Å². The highest BCUT2D eigenvalue weighted by atomic mass is 35.5. The topological polar surface area (TPSA) is 98.8 Å². The second-order valence-electron chi connectivity index (χ2n) is 9.29. The van der Waals surface area contributed by atoms with E-state index in [1.54, 1.807) is 6.07 Å². The van der Waals surface area contributed by atoms with E-state index in [0.717, 1.165) is 37.8 Å². The zero-order valence-corrected chi connectivity index (χ0v) is 18.7. The summed E-state index contributed by atoms with van der Waals surface area (Å²) >= 11 is 6.23. The number of aromatic amines is 1. The molecular formula is C22H30ClN7O. The molecule has 9 heteroatoms. The number of amides is 1. The van der Waals surface area contributed by atoms with Gasteiger partial charge in [-0.2, -0.15) is 5.10 Å². The number of rotatable bonds is 7. The van der Waals surface area contributed by atoms with Crippen molar-refractivity contribution in [2.24, 2.45) is 5.92 Å². The molecule has 166 valence electrons. The minimum atomic E-state index is 0.369. The van der Waals surface area contributed by atoms with Crippen molar-refractivity contribution in [3.63, 3.8) is 0 Å². The third-order valence-corrected chi connectivity index (χ3v) is 6.87. The number of nitrogens with one attached hydrogen (secondary N) is 3. The van der Waals surface area contributed by atoms with Crippen LogP contribution in [0, 0.1) is 12.8 Å². The largest absolute Gasteiger partial charge is 0.337 e. The van der Waals surface area contributed by atoms with Crippen molar-refractivity contribution < 1.29 is 4.79 Å². The summed E-state index contributed by atoms with van der Waals surface area (Å²) in [5.41, 5.74) is 0.969. The summed E-state index contributed by atoms with van der Waals surface area (Å²) in [6, 6.07) is 4.72. The maximum atomic E-state index is 12.8. The Bertz CT molecular complexity index is 930. The second kappa shape index (κ2) is 8.74. The van der Waals surface area contributed by atoms with E-state index in [0.29, 0.717) is 59.1 Å². The van der Waals surface area contributed by atoms with Crippen LogP contribution in [0.15, 0.2) is 12.1 Å². The van der Waals surface area contributed by atoms with Crippen LogP contribution in [0.1, 0.15) is 62.9 Å². The molecule has 5 rings (SSSR count). The van der Waals surface area contributed by atoms with Gasteiger partial charge < -0.3 is 15.5 Å². The highest BCUT2D eigenvalue weighted by Gasteiger charge is 2.41. The number of H-pyrrole nitrogens is 1. The summed E-state index contributed by atoms with van der Waals surface area (Å²) in [4.78, 5) is 24.0. The summed E-state index contributed by atoms with van der Waals surface area (Å²) in [6.07, 6.45) is 8.70. The number of carbonyl (C=O) groups is 1. The summed E-state index contributed by atoms with van der Waals surface area (Å²) < 4.78 is 0. The zero-order chi connectivity index (χ0) is 21.4. The molecule has 0 spiro atoms. The van der Waals surface area contributed by atoms with Crippen LogP contribution in [-0.4, -0.2) is 49.1 Å². The van der Waals surface area contributed by atoms with Gasteiger partial charge in [0.1, 0.15) is 16.8 Å². The van der Waals surface area contributed by atoms with E-state index in [9.17, 15) is 4.79 Å². The van der Waals surface area contributed by atoms with Gasteiger partial charge in [-0.15, -0.1) is 0 Å². The van der Waals surface area contributed by atoms with Crippen molar-refractivity contribution in [1.29, 1.82) is 0 Å². The van der Waals surface area contributed by atoms with Crippen LogP contribution in [0.25, 0.3) is 0 Å². The van der Waals surface area contributed by atoms with Crippen molar-refractivity contribution in [2.45, 2.75) is 83.0 Å². The molecule has 1 aliphatic carbocycles. The van der Waals surface area contributed by atoms with Gasteiger partial charge >= 0.3 is 0 Å². The number of carbonyl (C=O) groups excluding carboxylic acids is 1. The first-order valence-electron chi connectivity index (χ1n) is 11.4. The van der Waals surface area contributed by atoms with Crippen molar-refractivity contribution in [1.82, 2.24) is 30.4 Å². The monoisotopic (exact) mass is 443 g/mol. The molecule has 2 aliphatic heterocycles. The van der Waals surface area contributed by atoms with E-state index in [4.69, 9.17) is 11.6 Å². The quantitative estimate of drug-likeness (QED) is 0.564. The summed E-state index contributed by atoms with van der Waals surface area (Å²) in [6.45, 7) is 2.50. The molecule has 0 radical (unpaired) electrons. The number of fused-ring (bicyclic) bond motifs is 2. The first-order valence-corrected chi connectivity index (χ1v) is 11.8. The molecule has 2 bridgehead atoms. The fourth-order valence-electron chi connectivity index (χ4n) is 5.09. The zero-order valence-electron chi connectivity index (χ0n) is 17.9. The van der Waals surface area contributed by atoms with Gasteiger partial charge in [-0.3, -0.25) is 9.89 Å². The number of halogens is 1. The van der Waals surface area contributed by atoms with Crippen LogP contribution in [0.3, 0.4) is 0 Å². The lowest BCUT2D eigenvalue weighted by Gasteiger charge is -2.49. The molecule has 2 saturated heterocycles. The Labute approximate surface area is 187 Å². The standard InChI is InChI=1S/C22H30ClN7O/c1-13-7-20(29-28-13)26-19-11-18(23)25-21(27-19)12-24-15-9-16-3-2-4-17(10-15)30(16)22(31)8-14-5-6-14/h7,11,14-17,24H,2-6,8-10,12H2,1H3,(H2,25,26,27,28,29). The summed E-state index contributed by atoms with van der Waals surface area (Å²) in [5.74, 6) is 3.01. The van der Waals surface area contributed by atoms with Gasteiger partial charge in [-0.1, -0.05) is 11.6 Å². The number of anilines is 2. The molecule has 2 unspecified atom stereocenters. The van der Waals surface area contributed by atoms with Crippen molar-refractivity contribution in [2.75, 3.05) is 5.32 Å². The Morgan fingerprint density at radius 1 is 1.16 bits per heavy atom. The highest BCUT2D eigenvalue weighted by Crippen LogP contribution is 2.38. The minimum Gasteiger partial charge on any atom is -0.337 e. The molecule has 0 aromatic carbocycles. The fourth-order valence-corrected chi connectivity index (χ4v) is 5.29. The average molecular weight is 444 g/mol. The molecule has 3 N–H and O–H groups in total. The molecule has 3 aliphatic rings. The molecule has 31 heavy (non-hydrogen) atoms. The van der Waals surface area contributed by atoms with Gasteiger partial charge in [0.25, 0.3) is 0 Å². The molecule has 3 fully saturated rings. The SMILES string of the molecule is Cc1cc(Nc2cc(Cl)nc(CNC3CC4CCCC(C3)N4C(=O)CC3CC3)n2)n[nH]1. The third kappa shape index (κ3) is 5.01. The van der Waals surface area contributed by atoms with E-state index in [2.05, 4.69) is 35.7 Å². The predicted molar refractivity (Wildman–Crippen MR) is 119 cm³/mol. The lowest BCUT2D eigenvalue weighted by atomic mass is 9.81.